The Labute approximate surface area is 65.8 Å². The smallest absolute Gasteiger partial charge is 0.357 e. The number of nitro groups is 1. The standard InChI is InChI=1S/C5H4N2O3S/c1-3(8)4-2-11-5(6-4)7(9)10/h2H,1H3. The molecule has 0 aliphatic carbocycles. The summed E-state index contributed by atoms with van der Waals surface area (Å²) in [6.07, 6.45) is 0. The van der Waals surface area contributed by atoms with Crippen molar-refractivity contribution in [3.63, 3.8) is 0 Å². The maximum atomic E-state index is 10.6. The minimum absolute atomic E-state index is 0.154. The second kappa shape index (κ2) is 2.75. The van der Waals surface area contributed by atoms with E-state index in [9.17, 15) is 14.9 Å². The molecule has 1 heterocycles. The number of Topliss-reactive ketones (excluding diaryl/α,β-unsaturated/α-hetero) is 1. The Morgan fingerprint density at radius 3 is 2.73 bits per heavy atom. The zero-order valence-electron chi connectivity index (χ0n) is 5.60. The number of ketones is 1. The molecule has 0 saturated carbocycles. The van der Waals surface area contributed by atoms with Gasteiger partial charge < -0.3 is 10.1 Å². The van der Waals surface area contributed by atoms with Crippen molar-refractivity contribution in [1.29, 1.82) is 0 Å². The van der Waals surface area contributed by atoms with Crippen molar-refractivity contribution in [2.24, 2.45) is 0 Å². The highest BCUT2D eigenvalue weighted by molar-refractivity contribution is 7.13. The fraction of sp³-hybridized carbons (Fsp3) is 0.200. The molecule has 0 aliphatic heterocycles. The quantitative estimate of drug-likeness (QED) is 0.382. The first kappa shape index (κ1) is 7.80. The average Bonchev–Trinajstić information content (AvgIpc) is 2.33. The molecule has 0 unspecified atom stereocenters. The van der Waals surface area contributed by atoms with Gasteiger partial charge in [0.05, 0.1) is 5.38 Å². The van der Waals surface area contributed by atoms with Gasteiger partial charge in [0.25, 0.3) is 0 Å². The molecule has 0 bridgehead atoms. The highest BCUT2D eigenvalue weighted by Gasteiger charge is 2.16. The molecule has 6 heteroatoms. The summed E-state index contributed by atoms with van der Waals surface area (Å²) in [6.45, 7) is 1.32. The van der Waals surface area contributed by atoms with Crippen LogP contribution in [0, 0.1) is 10.1 Å². The molecule has 0 fully saturated rings. The molecule has 0 aliphatic rings. The Kier molecular flexibility index (Phi) is 1.95. The van der Waals surface area contributed by atoms with Crippen LogP contribution in [0.25, 0.3) is 0 Å². The molecule has 1 aromatic heterocycles. The van der Waals surface area contributed by atoms with Gasteiger partial charge in [-0.2, -0.15) is 0 Å². The molecule has 0 atom stereocenters. The third-order valence-corrected chi connectivity index (χ3v) is 1.80. The van der Waals surface area contributed by atoms with Gasteiger partial charge in [-0.05, 0) is 21.2 Å². The molecule has 5 nitrogen and oxygen atoms in total. The van der Waals surface area contributed by atoms with E-state index in [4.69, 9.17) is 0 Å². The molecular formula is C5H4N2O3S. The molecule has 0 radical (unpaired) electrons. The van der Waals surface area contributed by atoms with Crippen molar-refractivity contribution in [2.75, 3.05) is 0 Å². The Hall–Kier alpha value is -1.30. The van der Waals surface area contributed by atoms with Gasteiger partial charge in [0.15, 0.2) is 0 Å². The fourth-order valence-electron chi connectivity index (χ4n) is 0.510. The van der Waals surface area contributed by atoms with Gasteiger partial charge in [0.1, 0.15) is 0 Å². The summed E-state index contributed by atoms with van der Waals surface area (Å²) < 4.78 is 0. The molecule has 11 heavy (non-hydrogen) atoms. The number of aromatic nitrogens is 1. The highest BCUT2D eigenvalue weighted by atomic mass is 32.1. The van der Waals surface area contributed by atoms with E-state index in [-0.39, 0.29) is 16.6 Å². The molecule has 0 saturated heterocycles. The van der Waals surface area contributed by atoms with Crippen LogP contribution in [0.3, 0.4) is 0 Å². The van der Waals surface area contributed by atoms with Crippen molar-refractivity contribution >= 4 is 22.3 Å². The van der Waals surface area contributed by atoms with Crippen molar-refractivity contribution in [3.8, 4) is 0 Å². The van der Waals surface area contributed by atoms with Gasteiger partial charge in [-0.25, -0.2) is 0 Å². The molecule has 0 aromatic carbocycles. The summed E-state index contributed by atoms with van der Waals surface area (Å²) in [5.74, 6) is -0.255. The summed E-state index contributed by atoms with van der Waals surface area (Å²) in [5, 5.41) is 11.2. The van der Waals surface area contributed by atoms with Crippen LogP contribution in [-0.4, -0.2) is 15.7 Å². The number of carbonyl (C=O) groups is 1. The van der Waals surface area contributed by atoms with E-state index in [1.54, 1.807) is 0 Å². The molecule has 0 spiro atoms. The Morgan fingerprint density at radius 1 is 1.82 bits per heavy atom. The maximum absolute atomic E-state index is 10.6. The normalized spacial score (nSPS) is 9.55. The van der Waals surface area contributed by atoms with Crippen LogP contribution < -0.4 is 0 Å². The molecule has 0 N–H and O–H groups in total. The second-order valence-electron chi connectivity index (χ2n) is 1.83. The maximum Gasteiger partial charge on any atom is 0.423 e. The average molecular weight is 172 g/mol. The molecule has 58 valence electrons. The zero-order chi connectivity index (χ0) is 8.43. The van der Waals surface area contributed by atoms with E-state index >= 15 is 0 Å². The van der Waals surface area contributed by atoms with E-state index in [1.165, 1.54) is 12.3 Å². The number of hydrogen-bond donors (Lipinski definition) is 0. The number of hydrogen-bond acceptors (Lipinski definition) is 5. The van der Waals surface area contributed by atoms with Crippen LogP contribution in [0.15, 0.2) is 5.38 Å². The number of carbonyl (C=O) groups excluding carboxylic acids is 1. The van der Waals surface area contributed by atoms with E-state index in [0.717, 1.165) is 11.3 Å². The van der Waals surface area contributed by atoms with E-state index in [0.29, 0.717) is 0 Å². The van der Waals surface area contributed by atoms with Crippen molar-refractivity contribution in [3.05, 3.63) is 21.2 Å². The molecule has 1 aromatic rings. The Bertz CT molecular complexity index is 278. The largest absolute Gasteiger partial charge is 0.423 e. The summed E-state index contributed by atoms with van der Waals surface area (Å²) in [6, 6.07) is 0. The third-order valence-electron chi connectivity index (χ3n) is 1.01. The van der Waals surface area contributed by atoms with E-state index in [1.807, 2.05) is 0 Å². The summed E-state index contributed by atoms with van der Waals surface area (Å²) in [7, 11) is 0. The summed E-state index contributed by atoms with van der Waals surface area (Å²) >= 11 is 0.855. The highest BCUT2D eigenvalue weighted by Crippen LogP contribution is 2.17. The van der Waals surface area contributed by atoms with Crippen LogP contribution in [-0.2, 0) is 0 Å². The molecule has 0 amide bonds. The van der Waals surface area contributed by atoms with Gasteiger partial charge in [0, 0.05) is 6.92 Å². The van der Waals surface area contributed by atoms with Crippen molar-refractivity contribution in [1.82, 2.24) is 4.98 Å². The van der Waals surface area contributed by atoms with Crippen LogP contribution in [0.5, 0.6) is 0 Å². The zero-order valence-corrected chi connectivity index (χ0v) is 6.42. The van der Waals surface area contributed by atoms with Crippen LogP contribution >= 0.6 is 11.3 Å². The van der Waals surface area contributed by atoms with Gasteiger partial charge in [-0.1, -0.05) is 0 Å². The van der Waals surface area contributed by atoms with E-state index in [2.05, 4.69) is 4.98 Å². The minimum Gasteiger partial charge on any atom is -0.357 e. The lowest BCUT2D eigenvalue weighted by atomic mass is 10.4. The Balaban J connectivity index is 2.99. The minimum atomic E-state index is -0.614. The predicted molar refractivity (Wildman–Crippen MR) is 38.8 cm³/mol. The lowest BCUT2D eigenvalue weighted by molar-refractivity contribution is -0.384. The number of thiazole rings is 1. The van der Waals surface area contributed by atoms with Gasteiger partial charge >= 0.3 is 5.13 Å². The lowest BCUT2D eigenvalue weighted by Gasteiger charge is -1.81. The van der Waals surface area contributed by atoms with Crippen molar-refractivity contribution in [2.45, 2.75) is 6.92 Å². The first-order chi connectivity index (χ1) is 5.11. The predicted octanol–water partition coefficient (Wildman–Crippen LogP) is 1.25. The topological polar surface area (TPSA) is 73.1 Å². The first-order valence-electron chi connectivity index (χ1n) is 2.72. The monoisotopic (exact) mass is 172 g/mol. The number of rotatable bonds is 2. The number of nitrogens with zero attached hydrogens (tertiary/aromatic N) is 2. The molecular weight excluding hydrogens is 168 g/mol. The lowest BCUT2D eigenvalue weighted by Crippen LogP contribution is -1.93. The molecule has 1 rings (SSSR count). The first-order valence-corrected chi connectivity index (χ1v) is 3.60. The fourth-order valence-corrected chi connectivity index (χ4v) is 1.18. The summed E-state index contributed by atoms with van der Waals surface area (Å²) in [5.41, 5.74) is 0.154. The van der Waals surface area contributed by atoms with Crippen molar-refractivity contribution < 1.29 is 9.72 Å². The third kappa shape index (κ3) is 1.58. The summed E-state index contributed by atoms with van der Waals surface area (Å²) in [4.78, 5) is 23.5. The van der Waals surface area contributed by atoms with Crippen LogP contribution in [0.1, 0.15) is 17.4 Å². The SMILES string of the molecule is CC(=O)c1csc([N+](=O)[O-])n1. The van der Waals surface area contributed by atoms with Crippen LogP contribution in [0.4, 0.5) is 5.13 Å². The Morgan fingerprint density at radius 2 is 2.45 bits per heavy atom. The van der Waals surface area contributed by atoms with Gasteiger partial charge in [-0.15, -0.1) is 0 Å². The van der Waals surface area contributed by atoms with E-state index < -0.39 is 4.92 Å². The second-order valence-corrected chi connectivity index (χ2v) is 2.67. The van der Waals surface area contributed by atoms with Gasteiger partial charge in [-0.3, -0.25) is 4.79 Å². The van der Waals surface area contributed by atoms with Crippen LogP contribution in [0.2, 0.25) is 0 Å². The van der Waals surface area contributed by atoms with Gasteiger partial charge in [0.2, 0.25) is 11.5 Å².